The molecule has 0 bridgehead atoms. The molecule has 0 aliphatic heterocycles. The van der Waals surface area contributed by atoms with Crippen LogP contribution in [-0.4, -0.2) is 30.8 Å². The molecule has 0 radical (unpaired) electrons. The maximum Gasteiger partial charge on any atom is 0.470 e. The first-order valence-electron chi connectivity index (χ1n) is 7.68. The standard InChI is InChI=1S/C14F13O6S3/c15-1-3(17)7(21)11(8(22)4(1)18)34(28,29)13(36(32,33)14(25,26)27)35(30,31)12-9(23)5(19)2(16)6(20)10(12)24/q-1. The van der Waals surface area contributed by atoms with Gasteiger partial charge in [0, 0.05) is 0 Å². The smallest absolute Gasteiger partial charge is 0.255 e. The van der Waals surface area contributed by atoms with Crippen LogP contribution in [0, 0.1) is 62.1 Å². The van der Waals surface area contributed by atoms with E-state index >= 15 is 0 Å². The molecule has 0 aliphatic carbocycles. The molecular formula is C14F13O6S3-. The molecule has 36 heavy (non-hydrogen) atoms. The van der Waals surface area contributed by atoms with Crippen molar-refractivity contribution in [2.24, 2.45) is 0 Å². The summed E-state index contributed by atoms with van der Waals surface area (Å²) in [5.74, 6) is -34.2. The third kappa shape index (κ3) is 4.07. The second kappa shape index (κ2) is 8.75. The lowest BCUT2D eigenvalue weighted by atomic mass is 10.3. The molecule has 0 aromatic heterocycles. The molecule has 6 nitrogen and oxygen atoms in total. The van der Waals surface area contributed by atoms with Crippen LogP contribution >= 0.6 is 0 Å². The number of sulfone groups is 3. The van der Waals surface area contributed by atoms with Gasteiger partial charge in [-0.2, -0.15) is 13.2 Å². The van der Waals surface area contributed by atoms with Gasteiger partial charge in [0.05, 0.1) is 23.6 Å². The summed E-state index contributed by atoms with van der Waals surface area (Å²) in [4.78, 5) is -7.18. The van der Waals surface area contributed by atoms with Gasteiger partial charge in [0.2, 0.25) is 11.6 Å². The first-order valence-corrected chi connectivity index (χ1v) is 12.1. The Kier molecular flexibility index (Phi) is 7.19. The normalized spacial score (nSPS) is 13.5. The topological polar surface area (TPSA) is 102 Å². The van der Waals surface area contributed by atoms with Crippen LogP contribution in [0.5, 0.6) is 0 Å². The number of hydrogen-bond acceptors (Lipinski definition) is 6. The van der Waals surface area contributed by atoms with Crippen molar-refractivity contribution >= 4 is 29.5 Å². The Morgan fingerprint density at radius 1 is 0.417 bits per heavy atom. The molecule has 2 aromatic carbocycles. The monoisotopic (exact) mass is 607 g/mol. The zero-order valence-electron chi connectivity index (χ0n) is 15.6. The number of hydrogen-bond donors (Lipinski definition) is 0. The maximum absolute atomic E-state index is 14.0. The fraction of sp³-hybridized carbons (Fsp3) is 0.0714. The van der Waals surface area contributed by atoms with Gasteiger partial charge in [-0.1, -0.05) is 0 Å². The summed E-state index contributed by atoms with van der Waals surface area (Å²) < 4.78 is 244. The molecule has 0 N–H and O–H groups in total. The van der Waals surface area contributed by atoms with Gasteiger partial charge < -0.3 is 0 Å². The first kappa shape index (κ1) is 29.6. The minimum absolute atomic E-state index is 3.19. The minimum Gasteiger partial charge on any atom is -0.255 e. The van der Waals surface area contributed by atoms with Crippen molar-refractivity contribution in [3.8, 4) is 0 Å². The van der Waals surface area contributed by atoms with Gasteiger partial charge in [-0.15, -0.1) is 0 Å². The van der Waals surface area contributed by atoms with Crippen molar-refractivity contribution < 1.29 is 82.3 Å². The predicted octanol–water partition coefficient (Wildman–Crippen LogP) is 3.71. The van der Waals surface area contributed by atoms with Crippen molar-refractivity contribution in [1.82, 2.24) is 0 Å². The molecule has 0 unspecified atom stereocenters. The molecule has 0 fully saturated rings. The Balaban J connectivity index is 3.23. The Morgan fingerprint density at radius 3 is 0.806 bits per heavy atom. The van der Waals surface area contributed by atoms with Crippen LogP contribution in [0.4, 0.5) is 57.1 Å². The van der Waals surface area contributed by atoms with Crippen LogP contribution in [0.2, 0.25) is 0 Å². The summed E-state index contributed by atoms with van der Waals surface area (Å²) in [5.41, 5.74) is -7.20. The summed E-state index contributed by atoms with van der Waals surface area (Å²) in [6.07, 6.45) is 0. The number of benzene rings is 2. The van der Waals surface area contributed by atoms with Crippen molar-refractivity contribution in [2.75, 3.05) is 0 Å². The van der Waals surface area contributed by atoms with Crippen molar-refractivity contribution in [2.45, 2.75) is 15.3 Å². The van der Waals surface area contributed by atoms with E-state index in [2.05, 4.69) is 0 Å². The molecule has 0 spiro atoms. The van der Waals surface area contributed by atoms with Gasteiger partial charge in [0.1, 0.15) is 9.79 Å². The molecule has 22 heteroatoms. The Labute approximate surface area is 189 Å². The summed E-state index contributed by atoms with van der Waals surface area (Å²) >= 11 is 0. The van der Waals surface area contributed by atoms with Crippen LogP contribution < -0.4 is 0 Å². The van der Waals surface area contributed by atoms with Gasteiger partial charge in [-0.05, 0) is 0 Å². The van der Waals surface area contributed by atoms with Gasteiger partial charge in [-0.3, -0.25) is 25.3 Å². The van der Waals surface area contributed by atoms with Crippen molar-refractivity contribution in [3.05, 3.63) is 62.1 Å². The molecule has 0 atom stereocenters. The largest absolute Gasteiger partial charge is 0.470 e. The third-order valence-electron chi connectivity index (χ3n) is 3.84. The van der Waals surface area contributed by atoms with Crippen molar-refractivity contribution in [1.29, 1.82) is 0 Å². The first-order chi connectivity index (χ1) is 16.0. The molecule has 2 aromatic rings. The van der Waals surface area contributed by atoms with E-state index in [1.165, 1.54) is 0 Å². The van der Waals surface area contributed by atoms with Crippen LogP contribution in [0.3, 0.4) is 0 Å². The molecule has 2 rings (SSSR count). The van der Waals surface area contributed by atoms with E-state index in [0.29, 0.717) is 0 Å². The minimum atomic E-state index is -8.19. The number of alkyl halides is 3. The number of halogens is 13. The maximum atomic E-state index is 14.0. The van der Waals surface area contributed by atoms with Gasteiger partial charge in [0.25, 0.3) is 0 Å². The van der Waals surface area contributed by atoms with E-state index in [0.717, 1.165) is 0 Å². The SMILES string of the molecule is O=S(=O)(c1c(F)c(F)c(F)c(F)c1F)[C-](S(=O)(=O)c1c(F)c(F)c(F)c(F)c1F)S(=O)(=O)C(F)(F)F. The average Bonchev–Trinajstić information content (AvgIpc) is 2.71. The fourth-order valence-electron chi connectivity index (χ4n) is 2.34. The van der Waals surface area contributed by atoms with Gasteiger partial charge in [-0.25, -0.2) is 43.9 Å². The molecule has 0 saturated carbocycles. The van der Waals surface area contributed by atoms with Crippen molar-refractivity contribution in [3.63, 3.8) is 0 Å². The molecule has 0 saturated heterocycles. The third-order valence-corrected chi connectivity index (χ3v) is 11.5. The van der Waals surface area contributed by atoms with E-state index < -0.39 is 107 Å². The quantitative estimate of drug-likeness (QED) is 0.169. The Bertz CT molecular complexity index is 1460. The predicted molar refractivity (Wildman–Crippen MR) is 85.1 cm³/mol. The van der Waals surface area contributed by atoms with E-state index in [-0.39, 0.29) is 0 Å². The summed E-state index contributed by atoms with van der Waals surface area (Å²) in [6.45, 7) is 0. The fourth-order valence-corrected chi connectivity index (χ4v) is 9.19. The van der Waals surface area contributed by atoms with Gasteiger partial charge >= 0.3 is 5.51 Å². The summed E-state index contributed by atoms with van der Waals surface area (Å²) in [5, 5.41) is 0. The Morgan fingerprint density at radius 2 is 0.611 bits per heavy atom. The second-order valence-corrected chi connectivity index (χ2v) is 12.3. The zero-order valence-corrected chi connectivity index (χ0v) is 18.0. The highest BCUT2D eigenvalue weighted by atomic mass is 32.3. The van der Waals surface area contributed by atoms with E-state index in [1.807, 2.05) is 0 Å². The summed E-state index contributed by atoms with van der Waals surface area (Å²) in [6, 6.07) is 0. The highest BCUT2D eigenvalue weighted by molar-refractivity contribution is 8.29. The lowest BCUT2D eigenvalue weighted by Crippen LogP contribution is -2.40. The van der Waals surface area contributed by atoms with Crippen LogP contribution in [0.15, 0.2) is 9.79 Å². The van der Waals surface area contributed by atoms with Crippen LogP contribution in [-0.2, 0) is 29.5 Å². The van der Waals surface area contributed by atoms with E-state index in [1.54, 1.807) is 0 Å². The second-order valence-electron chi connectivity index (χ2n) is 6.00. The highest BCUT2D eigenvalue weighted by Crippen LogP contribution is 2.46. The highest BCUT2D eigenvalue weighted by Gasteiger charge is 2.54. The molecule has 202 valence electrons. The van der Waals surface area contributed by atoms with Gasteiger partial charge in [0.15, 0.2) is 56.4 Å². The van der Waals surface area contributed by atoms with E-state index in [9.17, 15) is 82.3 Å². The molecule has 0 amide bonds. The molecule has 0 aliphatic rings. The van der Waals surface area contributed by atoms with Crippen LogP contribution in [0.1, 0.15) is 0 Å². The average molecular weight is 607 g/mol. The zero-order chi connectivity index (χ0) is 28.5. The molecular weight excluding hydrogens is 607 g/mol. The van der Waals surface area contributed by atoms with Crippen LogP contribution in [0.25, 0.3) is 0 Å². The lowest BCUT2D eigenvalue weighted by Gasteiger charge is -2.31. The molecule has 0 heterocycles. The lowest BCUT2D eigenvalue weighted by molar-refractivity contribution is -0.0427. The van der Waals surface area contributed by atoms with E-state index in [4.69, 9.17) is 0 Å². The Hall–Kier alpha value is -2.62. The summed E-state index contributed by atoms with van der Waals surface area (Å²) in [7, 11) is -23.8. The number of rotatable bonds is 5.